The molecular weight excluding hydrogens is 280 g/mol. The molecule has 0 fully saturated rings. The standard InChI is InChI=1S/C14H12N2.C3H8.2C2H6/c1-9-10(2)12-6-4-8-16-14(12)13-11(9)5-3-7-15-13;1-3-2;2*1-2/h3-8H,1-2H3;3H2,1-2H3;2*1-2H3. The lowest BCUT2D eigenvalue weighted by Crippen LogP contribution is -1.91. The summed E-state index contributed by atoms with van der Waals surface area (Å²) in [6.07, 6.45) is 4.90. The molecule has 0 atom stereocenters. The van der Waals surface area contributed by atoms with Crippen LogP contribution in [0, 0.1) is 13.8 Å². The van der Waals surface area contributed by atoms with Crippen LogP contribution in [-0.2, 0) is 0 Å². The van der Waals surface area contributed by atoms with Gasteiger partial charge in [0.1, 0.15) is 0 Å². The first kappa shape index (κ1) is 21.0. The van der Waals surface area contributed by atoms with Gasteiger partial charge in [-0.15, -0.1) is 0 Å². The Morgan fingerprint density at radius 1 is 0.696 bits per heavy atom. The van der Waals surface area contributed by atoms with Gasteiger partial charge in [-0.3, -0.25) is 9.97 Å². The average molecular weight is 313 g/mol. The predicted octanol–water partition coefficient (Wildman–Crippen LogP) is 6.87. The number of benzene rings is 1. The van der Waals surface area contributed by atoms with Crippen molar-refractivity contribution in [2.75, 3.05) is 0 Å². The fraction of sp³-hybridized carbons (Fsp3) is 0.429. The molecule has 0 N–H and O–H groups in total. The summed E-state index contributed by atoms with van der Waals surface area (Å²) in [5.41, 5.74) is 4.59. The molecule has 3 aromatic rings. The van der Waals surface area contributed by atoms with Gasteiger partial charge in [0.05, 0.1) is 11.0 Å². The van der Waals surface area contributed by atoms with Gasteiger partial charge in [0, 0.05) is 23.2 Å². The number of aryl methyl sites for hydroxylation is 2. The van der Waals surface area contributed by atoms with Gasteiger partial charge in [-0.2, -0.15) is 0 Å². The highest BCUT2D eigenvalue weighted by Gasteiger charge is 2.08. The molecule has 2 nitrogen and oxygen atoms in total. The fourth-order valence-corrected chi connectivity index (χ4v) is 2.20. The van der Waals surface area contributed by atoms with Gasteiger partial charge < -0.3 is 0 Å². The normalized spacial score (nSPS) is 9.04. The number of hydrogen-bond donors (Lipinski definition) is 0. The first-order valence-corrected chi connectivity index (χ1v) is 8.79. The number of nitrogens with zero attached hydrogens (tertiary/aromatic N) is 2. The summed E-state index contributed by atoms with van der Waals surface area (Å²) in [6, 6.07) is 8.17. The molecule has 126 valence electrons. The van der Waals surface area contributed by atoms with Gasteiger partial charge in [-0.1, -0.05) is 60.1 Å². The van der Waals surface area contributed by atoms with Crippen LogP contribution >= 0.6 is 0 Å². The number of hydrogen-bond acceptors (Lipinski definition) is 2. The predicted molar refractivity (Wildman–Crippen MR) is 105 cm³/mol. The molecule has 0 bridgehead atoms. The Morgan fingerprint density at radius 3 is 1.30 bits per heavy atom. The summed E-state index contributed by atoms with van der Waals surface area (Å²) in [5, 5.41) is 2.40. The van der Waals surface area contributed by atoms with E-state index in [1.807, 2.05) is 52.2 Å². The van der Waals surface area contributed by atoms with E-state index in [1.165, 1.54) is 28.3 Å². The van der Waals surface area contributed by atoms with Crippen molar-refractivity contribution in [1.82, 2.24) is 9.97 Å². The van der Waals surface area contributed by atoms with E-state index in [2.05, 4.69) is 49.8 Å². The van der Waals surface area contributed by atoms with E-state index in [9.17, 15) is 0 Å². The topological polar surface area (TPSA) is 25.8 Å². The Bertz CT molecular complexity index is 642. The summed E-state index contributed by atoms with van der Waals surface area (Å²) in [5.74, 6) is 0. The summed E-state index contributed by atoms with van der Waals surface area (Å²) in [4.78, 5) is 8.90. The molecule has 0 spiro atoms. The van der Waals surface area contributed by atoms with E-state index in [0.717, 1.165) is 11.0 Å². The van der Waals surface area contributed by atoms with Gasteiger partial charge in [-0.05, 0) is 37.1 Å². The average Bonchev–Trinajstić information content (AvgIpc) is 2.64. The minimum Gasteiger partial charge on any atom is -0.254 e. The monoisotopic (exact) mass is 312 g/mol. The second kappa shape index (κ2) is 11.6. The Labute approximate surface area is 142 Å². The van der Waals surface area contributed by atoms with Gasteiger partial charge in [-0.25, -0.2) is 0 Å². The van der Waals surface area contributed by atoms with Crippen molar-refractivity contribution in [3.05, 3.63) is 47.8 Å². The zero-order valence-corrected chi connectivity index (χ0v) is 16.1. The van der Waals surface area contributed by atoms with Gasteiger partial charge >= 0.3 is 0 Å². The third-order valence-electron chi connectivity index (χ3n) is 3.21. The maximum Gasteiger partial charge on any atom is 0.0967 e. The lowest BCUT2D eigenvalue weighted by molar-refractivity contribution is 1.09. The Hall–Kier alpha value is -1.96. The lowest BCUT2D eigenvalue weighted by atomic mass is 9.99. The zero-order valence-electron chi connectivity index (χ0n) is 16.1. The molecule has 23 heavy (non-hydrogen) atoms. The molecule has 0 aliphatic rings. The van der Waals surface area contributed by atoms with Crippen LogP contribution in [0.15, 0.2) is 36.7 Å². The second-order valence-electron chi connectivity index (χ2n) is 4.76. The first-order chi connectivity index (χ1) is 11.2. The lowest BCUT2D eigenvalue weighted by Gasteiger charge is -2.09. The van der Waals surface area contributed by atoms with Gasteiger partial charge in [0.25, 0.3) is 0 Å². The van der Waals surface area contributed by atoms with Crippen molar-refractivity contribution in [1.29, 1.82) is 0 Å². The SMILES string of the molecule is CC.CC.CCC.Cc1c(C)c2cccnc2c2ncccc12. The molecule has 2 aromatic heterocycles. The molecule has 0 saturated heterocycles. The molecule has 0 radical (unpaired) electrons. The van der Waals surface area contributed by atoms with E-state index in [0.29, 0.717) is 0 Å². The molecule has 3 rings (SSSR count). The second-order valence-corrected chi connectivity index (χ2v) is 4.76. The van der Waals surface area contributed by atoms with Crippen molar-refractivity contribution < 1.29 is 0 Å². The van der Waals surface area contributed by atoms with E-state index in [1.54, 1.807) is 0 Å². The third kappa shape index (κ3) is 5.02. The number of rotatable bonds is 0. The Balaban J connectivity index is 0.000000609. The quantitative estimate of drug-likeness (QED) is 0.423. The number of pyridine rings is 2. The summed E-state index contributed by atoms with van der Waals surface area (Å²) < 4.78 is 0. The molecule has 0 aliphatic heterocycles. The summed E-state index contributed by atoms with van der Waals surface area (Å²) >= 11 is 0. The minimum atomic E-state index is 1.00. The zero-order chi connectivity index (χ0) is 17.8. The van der Waals surface area contributed by atoms with Crippen LogP contribution in [0.3, 0.4) is 0 Å². The van der Waals surface area contributed by atoms with Crippen LogP contribution in [0.25, 0.3) is 21.8 Å². The number of fused-ring (bicyclic) bond motifs is 3. The smallest absolute Gasteiger partial charge is 0.0967 e. The molecule has 0 saturated carbocycles. The van der Waals surface area contributed by atoms with Crippen LogP contribution in [0.4, 0.5) is 0 Å². The van der Waals surface area contributed by atoms with Crippen molar-refractivity contribution in [3.8, 4) is 0 Å². The van der Waals surface area contributed by atoms with Crippen LogP contribution in [0.2, 0.25) is 0 Å². The van der Waals surface area contributed by atoms with Crippen molar-refractivity contribution in [2.45, 2.75) is 61.8 Å². The molecule has 0 amide bonds. The third-order valence-corrected chi connectivity index (χ3v) is 3.21. The Morgan fingerprint density at radius 2 is 1.00 bits per heavy atom. The molecule has 2 heteroatoms. The van der Waals surface area contributed by atoms with Gasteiger partial charge in [0.15, 0.2) is 0 Å². The van der Waals surface area contributed by atoms with E-state index >= 15 is 0 Å². The highest BCUT2D eigenvalue weighted by atomic mass is 14.7. The highest BCUT2D eigenvalue weighted by molar-refractivity contribution is 6.06. The fourth-order valence-electron chi connectivity index (χ4n) is 2.20. The maximum absolute atomic E-state index is 4.45. The largest absolute Gasteiger partial charge is 0.254 e. The van der Waals surface area contributed by atoms with Crippen LogP contribution in [0.1, 0.15) is 59.1 Å². The molecule has 0 aliphatic carbocycles. The van der Waals surface area contributed by atoms with E-state index < -0.39 is 0 Å². The van der Waals surface area contributed by atoms with Crippen LogP contribution in [-0.4, -0.2) is 9.97 Å². The Kier molecular flexibility index (Phi) is 10.6. The van der Waals surface area contributed by atoms with Crippen molar-refractivity contribution in [2.24, 2.45) is 0 Å². The van der Waals surface area contributed by atoms with Crippen molar-refractivity contribution in [3.63, 3.8) is 0 Å². The molecule has 0 unspecified atom stereocenters. The van der Waals surface area contributed by atoms with E-state index in [-0.39, 0.29) is 0 Å². The molecule has 2 heterocycles. The van der Waals surface area contributed by atoms with Crippen molar-refractivity contribution >= 4 is 21.8 Å². The van der Waals surface area contributed by atoms with Crippen LogP contribution in [0.5, 0.6) is 0 Å². The molecular formula is C21H32N2. The van der Waals surface area contributed by atoms with E-state index in [4.69, 9.17) is 0 Å². The highest BCUT2D eigenvalue weighted by Crippen LogP contribution is 2.28. The maximum atomic E-state index is 4.45. The van der Waals surface area contributed by atoms with Gasteiger partial charge in [0.2, 0.25) is 0 Å². The van der Waals surface area contributed by atoms with Crippen LogP contribution < -0.4 is 0 Å². The minimum absolute atomic E-state index is 1.00. The summed E-state index contributed by atoms with van der Waals surface area (Å²) in [6.45, 7) is 16.5. The number of aromatic nitrogens is 2. The summed E-state index contributed by atoms with van der Waals surface area (Å²) in [7, 11) is 0. The molecule has 1 aromatic carbocycles. The first-order valence-electron chi connectivity index (χ1n) is 8.79.